The third-order valence-corrected chi connectivity index (χ3v) is 2.99. The fourth-order valence-electron chi connectivity index (χ4n) is 2.02. The van der Waals surface area contributed by atoms with E-state index in [1.807, 2.05) is 31.2 Å². The largest absolute Gasteiger partial charge is 0.494 e. The van der Waals surface area contributed by atoms with Gasteiger partial charge in [-0.3, -0.25) is 0 Å². The van der Waals surface area contributed by atoms with E-state index < -0.39 is 0 Å². The lowest BCUT2D eigenvalue weighted by molar-refractivity contribution is 0.136. The molecule has 0 aliphatic heterocycles. The van der Waals surface area contributed by atoms with Crippen LogP contribution in [-0.4, -0.2) is 35.0 Å². The summed E-state index contributed by atoms with van der Waals surface area (Å²) in [5.74, 6) is 0.747. The fraction of sp³-hybridized carbons (Fsp3) is 0.600. The minimum absolute atomic E-state index is 0.0143. The summed E-state index contributed by atoms with van der Waals surface area (Å²) in [6.07, 6.45) is 0.713. The van der Waals surface area contributed by atoms with Crippen LogP contribution in [0.3, 0.4) is 0 Å². The molecule has 1 atom stereocenters. The van der Waals surface area contributed by atoms with Crippen LogP contribution in [0.5, 0.6) is 5.75 Å². The van der Waals surface area contributed by atoms with E-state index in [1.165, 1.54) is 0 Å². The quantitative estimate of drug-likeness (QED) is 0.671. The topological polar surface area (TPSA) is 61.7 Å². The molecule has 4 heteroatoms. The maximum atomic E-state index is 9.46. The van der Waals surface area contributed by atoms with Crippen LogP contribution < -0.4 is 10.1 Å². The monoisotopic (exact) mass is 267 g/mol. The third-order valence-electron chi connectivity index (χ3n) is 2.99. The first kappa shape index (κ1) is 16.0. The molecule has 0 radical (unpaired) electrons. The Morgan fingerprint density at radius 3 is 2.63 bits per heavy atom. The molecule has 0 saturated carbocycles. The van der Waals surface area contributed by atoms with Crippen molar-refractivity contribution in [3.05, 3.63) is 29.8 Å². The van der Waals surface area contributed by atoms with E-state index in [9.17, 15) is 5.11 Å². The highest BCUT2D eigenvalue weighted by molar-refractivity contribution is 5.27. The first-order valence-electron chi connectivity index (χ1n) is 6.70. The van der Waals surface area contributed by atoms with Gasteiger partial charge in [0.1, 0.15) is 5.75 Å². The van der Waals surface area contributed by atoms with Crippen LogP contribution in [-0.2, 0) is 6.61 Å². The van der Waals surface area contributed by atoms with Gasteiger partial charge < -0.3 is 20.3 Å². The number of rotatable bonds is 8. The second-order valence-electron chi connectivity index (χ2n) is 5.42. The summed E-state index contributed by atoms with van der Waals surface area (Å²) in [5, 5.41) is 21.9. The summed E-state index contributed by atoms with van der Waals surface area (Å²) >= 11 is 0. The summed E-state index contributed by atoms with van der Waals surface area (Å²) in [4.78, 5) is 0. The number of benzene rings is 1. The number of hydrogen-bond donors (Lipinski definition) is 3. The molecule has 0 aliphatic carbocycles. The highest BCUT2D eigenvalue weighted by atomic mass is 16.5. The van der Waals surface area contributed by atoms with Crippen molar-refractivity contribution < 1.29 is 14.9 Å². The zero-order valence-corrected chi connectivity index (χ0v) is 12.0. The smallest absolute Gasteiger partial charge is 0.119 e. The molecule has 19 heavy (non-hydrogen) atoms. The Kier molecular flexibility index (Phi) is 6.28. The highest BCUT2D eigenvalue weighted by Gasteiger charge is 2.23. The first-order chi connectivity index (χ1) is 8.99. The molecule has 1 rings (SSSR count). The second-order valence-corrected chi connectivity index (χ2v) is 5.42. The van der Waals surface area contributed by atoms with Crippen LogP contribution in [0.1, 0.15) is 32.8 Å². The Hall–Kier alpha value is -1.10. The number of aliphatic hydroxyl groups is 2. The fourth-order valence-corrected chi connectivity index (χ4v) is 2.02. The van der Waals surface area contributed by atoms with Gasteiger partial charge >= 0.3 is 0 Å². The van der Waals surface area contributed by atoms with Crippen LogP contribution in [0.4, 0.5) is 0 Å². The summed E-state index contributed by atoms with van der Waals surface area (Å²) < 4.78 is 5.67. The molecule has 1 unspecified atom stereocenters. The lowest BCUT2D eigenvalue weighted by Crippen LogP contribution is -2.49. The normalized spacial score (nSPS) is 14.4. The van der Waals surface area contributed by atoms with Crippen molar-refractivity contribution in [3.8, 4) is 5.75 Å². The third kappa shape index (κ3) is 5.59. The molecule has 0 saturated heterocycles. The van der Waals surface area contributed by atoms with Gasteiger partial charge in [-0.05, 0) is 24.6 Å². The SMILES string of the molecule is CC(C)NC(C)(CO)CCOc1cccc(CO)c1. The van der Waals surface area contributed by atoms with Gasteiger partial charge in [0.25, 0.3) is 0 Å². The van der Waals surface area contributed by atoms with Gasteiger partial charge in [0.15, 0.2) is 0 Å². The van der Waals surface area contributed by atoms with Crippen molar-refractivity contribution in [2.75, 3.05) is 13.2 Å². The molecular formula is C15H25NO3. The number of ether oxygens (including phenoxy) is 1. The standard InChI is InChI=1S/C15H25NO3/c1-12(2)16-15(3,11-18)7-8-19-14-6-4-5-13(9-14)10-17/h4-6,9,12,16-18H,7-8,10-11H2,1-3H3. The van der Waals surface area contributed by atoms with E-state index >= 15 is 0 Å². The molecule has 0 spiro atoms. The molecule has 0 heterocycles. The maximum absolute atomic E-state index is 9.46. The molecule has 0 aromatic heterocycles. The minimum atomic E-state index is -0.331. The summed E-state index contributed by atoms with van der Waals surface area (Å²) in [6, 6.07) is 7.72. The van der Waals surface area contributed by atoms with Crippen molar-refractivity contribution in [1.29, 1.82) is 0 Å². The zero-order chi connectivity index (χ0) is 14.3. The van der Waals surface area contributed by atoms with E-state index in [2.05, 4.69) is 19.2 Å². The number of hydrogen-bond acceptors (Lipinski definition) is 4. The van der Waals surface area contributed by atoms with Crippen molar-refractivity contribution >= 4 is 0 Å². The number of aliphatic hydroxyl groups excluding tert-OH is 2. The van der Waals surface area contributed by atoms with Crippen LogP contribution in [0, 0.1) is 0 Å². The first-order valence-corrected chi connectivity index (χ1v) is 6.70. The number of nitrogens with one attached hydrogen (secondary N) is 1. The van der Waals surface area contributed by atoms with E-state index in [0.717, 1.165) is 11.3 Å². The molecule has 1 aromatic carbocycles. The van der Waals surface area contributed by atoms with Crippen molar-refractivity contribution in [2.45, 2.75) is 45.4 Å². The predicted molar refractivity (Wildman–Crippen MR) is 76.2 cm³/mol. The molecule has 3 N–H and O–H groups in total. The van der Waals surface area contributed by atoms with Gasteiger partial charge in [0.05, 0.1) is 19.8 Å². The van der Waals surface area contributed by atoms with E-state index in [1.54, 1.807) is 0 Å². The second kappa shape index (κ2) is 7.48. The Balaban J connectivity index is 2.47. The minimum Gasteiger partial charge on any atom is -0.494 e. The summed E-state index contributed by atoms with van der Waals surface area (Å²) in [6.45, 7) is 6.71. The van der Waals surface area contributed by atoms with E-state index in [0.29, 0.717) is 19.1 Å². The molecule has 0 bridgehead atoms. The van der Waals surface area contributed by atoms with Crippen LogP contribution in [0.2, 0.25) is 0 Å². The Morgan fingerprint density at radius 1 is 1.32 bits per heavy atom. The molecule has 1 aromatic rings. The molecule has 0 amide bonds. The predicted octanol–water partition coefficient (Wildman–Crippen LogP) is 1.70. The van der Waals surface area contributed by atoms with Gasteiger partial charge in [0.2, 0.25) is 0 Å². The van der Waals surface area contributed by atoms with Crippen LogP contribution in [0.25, 0.3) is 0 Å². The summed E-state index contributed by atoms with van der Waals surface area (Å²) in [7, 11) is 0. The maximum Gasteiger partial charge on any atom is 0.119 e. The van der Waals surface area contributed by atoms with Gasteiger partial charge in [-0.15, -0.1) is 0 Å². The Labute approximate surface area is 115 Å². The van der Waals surface area contributed by atoms with E-state index in [-0.39, 0.29) is 18.8 Å². The Morgan fingerprint density at radius 2 is 2.05 bits per heavy atom. The zero-order valence-electron chi connectivity index (χ0n) is 12.0. The van der Waals surface area contributed by atoms with Crippen molar-refractivity contribution in [2.24, 2.45) is 0 Å². The average Bonchev–Trinajstić information content (AvgIpc) is 2.38. The van der Waals surface area contributed by atoms with Gasteiger partial charge in [-0.2, -0.15) is 0 Å². The van der Waals surface area contributed by atoms with Gasteiger partial charge in [0, 0.05) is 18.0 Å². The lowest BCUT2D eigenvalue weighted by Gasteiger charge is -2.31. The van der Waals surface area contributed by atoms with E-state index in [4.69, 9.17) is 9.84 Å². The summed E-state index contributed by atoms with van der Waals surface area (Å²) in [5.41, 5.74) is 0.505. The Bertz CT molecular complexity index is 381. The molecular weight excluding hydrogens is 242 g/mol. The molecule has 0 fully saturated rings. The average molecular weight is 267 g/mol. The van der Waals surface area contributed by atoms with Gasteiger partial charge in [-0.1, -0.05) is 26.0 Å². The molecule has 0 aliphatic rings. The molecule has 108 valence electrons. The van der Waals surface area contributed by atoms with Crippen molar-refractivity contribution in [3.63, 3.8) is 0 Å². The lowest BCUT2D eigenvalue weighted by atomic mass is 9.98. The van der Waals surface area contributed by atoms with Crippen LogP contribution >= 0.6 is 0 Å². The van der Waals surface area contributed by atoms with Crippen molar-refractivity contribution in [1.82, 2.24) is 5.32 Å². The molecule has 4 nitrogen and oxygen atoms in total. The highest BCUT2D eigenvalue weighted by Crippen LogP contribution is 2.16. The van der Waals surface area contributed by atoms with Crippen LogP contribution in [0.15, 0.2) is 24.3 Å². The van der Waals surface area contributed by atoms with Gasteiger partial charge in [-0.25, -0.2) is 0 Å².